The zero-order chi connectivity index (χ0) is 16.7. The van der Waals surface area contributed by atoms with Gasteiger partial charge in [0.15, 0.2) is 0 Å². The monoisotopic (exact) mass is 320 g/mol. The van der Waals surface area contributed by atoms with Gasteiger partial charge in [-0.05, 0) is 12.5 Å². The first-order chi connectivity index (χ1) is 11.1. The Kier molecular flexibility index (Phi) is 6.34. The number of aromatic nitrogens is 1. The molecule has 1 fully saturated rings. The summed E-state index contributed by atoms with van der Waals surface area (Å²) < 4.78 is 4.99. The van der Waals surface area contributed by atoms with Gasteiger partial charge in [-0.2, -0.15) is 0 Å². The number of hydrogen-bond donors (Lipinski definition) is 1. The van der Waals surface area contributed by atoms with Gasteiger partial charge in [-0.25, -0.2) is 4.98 Å². The molecule has 1 aliphatic heterocycles. The molecule has 7 nitrogen and oxygen atoms in total. The lowest BCUT2D eigenvalue weighted by Crippen LogP contribution is -2.51. The minimum atomic E-state index is -0.0322. The molecule has 0 spiro atoms. The first-order valence-electron chi connectivity index (χ1n) is 7.92. The average molecular weight is 320 g/mol. The second-order valence-corrected chi connectivity index (χ2v) is 5.51. The van der Waals surface area contributed by atoms with Gasteiger partial charge in [-0.15, -0.1) is 0 Å². The fourth-order valence-corrected chi connectivity index (χ4v) is 2.44. The summed E-state index contributed by atoms with van der Waals surface area (Å²) >= 11 is 0. The van der Waals surface area contributed by atoms with E-state index in [4.69, 9.17) is 4.74 Å². The summed E-state index contributed by atoms with van der Waals surface area (Å²) in [6.07, 6.45) is 2.47. The lowest BCUT2D eigenvalue weighted by atomic mass is 10.2. The van der Waals surface area contributed by atoms with Gasteiger partial charge in [-0.1, -0.05) is 6.92 Å². The van der Waals surface area contributed by atoms with Crippen LogP contribution in [0, 0.1) is 0 Å². The average Bonchev–Trinajstić information content (AvgIpc) is 2.60. The molecule has 7 heteroatoms. The Hall–Kier alpha value is -2.15. The van der Waals surface area contributed by atoms with Gasteiger partial charge in [0.1, 0.15) is 0 Å². The predicted molar refractivity (Wildman–Crippen MR) is 86.4 cm³/mol. The van der Waals surface area contributed by atoms with Crippen LogP contribution in [-0.2, 0) is 4.79 Å². The third-order valence-electron chi connectivity index (χ3n) is 3.79. The number of pyridine rings is 1. The van der Waals surface area contributed by atoms with Crippen LogP contribution in [0.15, 0.2) is 18.3 Å². The molecule has 0 saturated carbocycles. The van der Waals surface area contributed by atoms with Crippen LogP contribution in [0.2, 0.25) is 0 Å². The summed E-state index contributed by atoms with van der Waals surface area (Å²) in [5, 5.41) is 2.87. The first-order valence-corrected chi connectivity index (χ1v) is 7.92. The number of nitrogens with zero attached hydrogens (tertiary/aromatic N) is 3. The molecule has 2 heterocycles. The molecular formula is C16H24N4O3. The lowest BCUT2D eigenvalue weighted by Gasteiger charge is -2.34. The number of piperazine rings is 1. The van der Waals surface area contributed by atoms with E-state index in [1.54, 1.807) is 24.1 Å². The van der Waals surface area contributed by atoms with Crippen LogP contribution in [0.5, 0.6) is 5.88 Å². The summed E-state index contributed by atoms with van der Waals surface area (Å²) in [5.74, 6) is 0.505. The SMILES string of the molecule is CCCNC(=O)CN1CCN(C(=O)c2ccc(OC)nc2)CC1. The minimum Gasteiger partial charge on any atom is -0.481 e. The van der Waals surface area contributed by atoms with Crippen molar-refractivity contribution in [2.45, 2.75) is 13.3 Å². The molecule has 0 unspecified atom stereocenters. The van der Waals surface area contributed by atoms with E-state index < -0.39 is 0 Å². The third kappa shape index (κ3) is 4.92. The second-order valence-electron chi connectivity index (χ2n) is 5.51. The summed E-state index contributed by atoms with van der Waals surface area (Å²) in [5.41, 5.74) is 0.555. The number of amides is 2. The topological polar surface area (TPSA) is 74.8 Å². The van der Waals surface area contributed by atoms with E-state index in [9.17, 15) is 9.59 Å². The maximum Gasteiger partial charge on any atom is 0.255 e. The van der Waals surface area contributed by atoms with Crippen molar-refractivity contribution in [1.82, 2.24) is 20.1 Å². The standard InChI is InChI=1S/C16H24N4O3/c1-3-6-17-14(21)12-19-7-9-20(10-8-19)16(22)13-4-5-15(23-2)18-11-13/h4-5,11H,3,6-10,12H2,1-2H3,(H,17,21). The highest BCUT2D eigenvalue weighted by atomic mass is 16.5. The molecule has 2 rings (SSSR count). The number of methoxy groups -OCH3 is 1. The molecule has 0 aliphatic carbocycles. The molecule has 1 aromatic heterocycles. The zero-order valence-electron chi connectivity index (χ0n) is 13.7. The Balaban J connectivity index is 1.81. The molecule has 0 bridgehead atoms. The van der Waals surface area contributed by atoms with Gasteiger partial charge in [0.05, 0.1) is 19.2 Å². The first kappa shape index (κ1) is 17.2. The van der Waals surface area contributed by atoms with Crippen LogP contribution >= 0.6 is 0 Å². The van der Waals surface area contributed by atoms with Crippen molar-refractivity contribution < 1.29 is 14.3 Å². The van der Waals surface area contributed by atoms with E-state index in [-0.39, 0.29) is 11.8 Å². The third-order valence-corrected chi connectivity index (χ3v) is 3.79. The molecule has 23 heavy (non-hydrogen) atoms. The van der Waals surface area contributed by atoms with Crippen molar-refractivity contribution in [3.8, 4) is 5.88 Å². The Morgan fingerprint density at radius 2 is 2.00 bits per heavy atom. The van der Waals surface area contributed by atoms with Gasteiger partial charge >= 0.3 is 0 Å². The van der Waals surface area contributed by atoms with Gasteiger partial charge in [-0.3, -0.25) is 14.5 Å². The molecule has 0 atom stereocenters. The molecule has 1 saturated heterocycles. The van der Waals surface area contributed by atoms with Gasteiger partial charge < -0.3 is 15.0 Å². The maximum absolute atomic E-state index is 12.4. The Bertz CT molecular complexity index is 525. The highest BCUT2D eigenvalue weighted by Crippen LogP contribution is 2.11. The fourth-order valence-electron chi connectivity index (χ4n) is 2.44. The van der Waals surface area contributed by atoms with Crippen molar-refractivity contribution in [3.63, 3.8) is 0 Å². The molecule has 1 N–H and O–H groups in total. The van der Waals surface area contributed by atoms with Crippen LogP contribution in [0.25, 0.3) is 0 Å². The lowest BCUT2D eigenvalue weighted by molar-refractivity contribution is -0.122. The summed E-state index contributed by atoms with van der Waals surface area (Å²) in [7, 11) is 1.54. The van der Waals surface area contributed by atoms with Crippen molar-refractivity contribution in [2.75, 3.05) is 46.4 Å². The smallest absolute Gasteiger partial charge is 0.255 e. The number of hydrogen-bond acceptors (Lipinski definition) is 5. The van der Waals surface area contributed by atoms with E-state index in [0.29, 0.717) is 50.7 Å². The van der Waals surface area contributed by atoms with Crippen molar-refractivity contribution in [2.24, 2.45) is 0 Å². The maximum atomic E-state index is 12.4. The van der Waals surface area contributed by atoms with Crippen LogP contribution in [-0.4, -0.2) is 73.0 Å². The van der Waals surface area contributed by atoms with E-state index in [0.717, 1.165) is 6.42 Å². The number of rotatable bonds is 6. The largest absolute Gasteiger partial charge is 0.481 e. The predicted octanol–water partition coefficient (Wildman–Crippen LogP) is 0.374. The van der Waals surface area contributed by atoms with Crippen molar-refractivity contribution >= 4 is 11.8 Å². The molecule has 1 aliphatic rings. The van der Waals surface area contributed by atoms with Crippen LogP contribution in [0.4, 0.5) is 0 Å². The van der Waals surface area contributed by atoms with E-state index in [2.05, 4.69) is 15.2 Å². The molecule has 2 amide bonds. The molecule has 1 aromatic rings. The van der Waals surface area contributed by atoms with Crippen molar-refractivity contribution in [3.05, 3.63) is 23.9 Å². The van der Waals surface area contributed by atoms with Crippen LogP contribution in [0.1, 0.15) is 23.7 Å². The molecule has 126 valence electrons. The summed E-state index contributed by atoms with van der Waals surface area (Å²) in [6.45, 7) is 5.77. The molecular weight excluding hydrogens is 296 g/mol. The Morgan fingerprint density at radius 1 is 1.26 bits per heavy atom. The summed E-state index contributed by atoms with van der Waals surface area (Å²) in [6, 6.07) is 3.40. The number of ether oxygens (including phenoxy) is 1. The van der Waals surface area contributed by atoms with Crippen molar-refractivity contribution in [1.29, 1.82) is 0 Å². The van der Waals surface area contributed by atoms with Crippen LogP contribution < -0.4 is 10.1 Å². The number of carbonyl (C=O) groups excluding carboxylic acids is 2. The Morgan fingerprint density at radius 3 is 2.57 bits per heavy atom. The normalized spacial score (nSPS) is 15.3. The highest BCUT2D eigenvalue weighted by molar-refractivity contribution is 5.94. The molecule has 0 aromatic carbocycles. The number of carbonyl (C=O) groups is 2. The van der Waals surface area contributed by atoms with E-state index in [1.807, 2.05) is 6.92 Å². The summed E-state index contributed by atoms with van der Waals surface area (Å²) in [4.78, 5) is 32.1. The van der Waals surface area contributed by atoms with E-state index >= 15 is 0 Å². The molecule has 0 radical (unpaired) electrons. The highest BCUT2D eigenvalue weighted by Gasteiger charge is 2.23. The van der Waals surface area contributed by atoms with E-state index in [1.165, 1.54) is 6.20 Å². The van der Waals surface area contributed by atoms with Gasteiger partial charge in [0.25, 0.3) is 5.91 Å². The number of nitrogens with one attached hydrogen (secondary N) is 1. The minimum absolute atomic E-state index is 0.0322. The zero-order valence-corrected chi connectivity index (χ0v) is 13.7. The van der Waals surface area contributed by atoms with Gasteiger partial charge in [0, 0.05) is 45.0 Å². The fraction of sp³-hybridized carbons (Fsp3) is 0.562. The van der Waals surface area contributed by atoms with Gasteiger partial charge in [0.2, 0.25) is 11.8 Å². The van der Waals surface area contributed by atoms with Crippen LogP contribution in [0.3, 0.4) is 0 Å². The quantitative estimate of drug-likeness (QED) is 0.820. The second kappa shape index (κ2) is 8.47. The Labute approximate surface area is 136 Å².